The lowest BCUT2D eigenvalue weighted by atomic mass is 10.1. The molecule has 0 spiro atoms. The maximum Gasteiger partial charge on any atom is 0.237 e. The van der Waals surface area contributed by atoms with E-state index >= 15 is 0 Å². The number of carbonyl (C=O) groups is 1. The zero-order valence-corrected chi connectivity index (χ0v) is 15.2. The minimum Gasteiger partial charge on any atom is -0.358 e. The highest BCUT2D eigenvalue weighted by atomic mass is 35.5. The van der Waals surface area contributed by atoms with E-state index in [1.54, 1.807) is 7.05 Å². The summed E-state index contributed by atoms with van der Waals surface area (Å²) in [7, 11) is 1.70. The Hall–Kier alpha value is -1.88. The molecule has 1 aliphatic rings. The average molecular weight is 358 g/mol. The number of likely N-dealkylation sites (N-methyl/N-ethyl adjacent to an activating group) is 1. The van der Waals surface area contributed by atoms with E-state index in [-0.39, 0.29) is 18.0 Å². The van der Waals surface area contributed by atoms with Gasteiger partial charge in [0.05, 0.1) is 6.04 Å². The Morgan fingerprint density at radius 2 is 1.88 bits per heavy atom. The van der Waals surface area contributed by atoms with Crippen LogP contribution in [0, 0.1) is 0 Å². The third-order valence-electron chi connectivity index (χ3n) is 4.72. The van der Waals surface area contributed by atoms with Crippen LogP contribution in [0.1, 0.15) is 17.5 Å². The Labute approximate surface area is 154 Å². The third-order valence-corrected chi connectivity index (χ3v) is 5.09. The van der Waals surface area contributed by atoms with Crippen LogP contribution in [0.25, 0.3) is 0 Å². The van der Waals surface area contributed by atoms with Gasteiger partial charge >= 0.3 is 0 Å². The largest absolute Gasteiger partial charge is 0.358 e. The summed E-state index contributed by atoms with van der Waals surface area (Å²) in [5.41, 5.74) is 2.31. The topological polar surface area (TPSA) is 44.4 Å². The molecule has 0 bridgehead atoms. The molecule has 0 aromatic heterocycles. The number of halogens is 1. The van der Waals surface area contributed by atoms with Gasteiger partial charge in [0, 0.05) is 37.7 Å². The Balaban J connectivity index is 1.64. The van der Waals surface area contributed by atoms with Crippen LogP contribution in [-0.2, 0) is 17.9 Å². The minimum atomic E-state index is -0.103. The van der Waals surface area contributed by atoms with Gasteiger partial charge in [-0.3, -0.25) is 9.69 Å². The summed E-state index contributed by atoms with van der Waals surface area (Å²) in [4.78, 5) is 14.5. The molecule has 0 unspecified atom stereocenters. The predicted octanol–water partition coefficient (Wildman–Crippen LogP) is 2.82. The first-order valence-electron chi connectivity index (χ1n) is 8.63. The van der Waals surface area contributed by atoms with Gasteiger partial charge in [-0.1, -0.05) is 60.1 Å². The Morgan fingerprint density at radius 3 is 2.60 bits per heavy atom. The Morgan fingerprint density at radius 1 is 1.16 bits per heavy atom. The molecular formula is C20H24ClN3O. The van der Waals surface area contributed by atoms with E-state index in [0.717, 1.165) is 30.1 Å². The summed E-state index contributed by atoms with van der Waals surface area (Å²) in [5, 5.41) is 7.13. The van der Waals surface area contributed by atoms with Gasteiger partial charge in [-0.05, 0) is 23.6 Å². The van der Waals surface area contributed by atoms with E-state index < -0.39 is 0 Å². The molecule has 1 aliphatic heterocycles. The van der Waals surface area contributed by atoms with E-state index in [1.807, 2.05) is 42.5 Å². The lowest BCUT2D eigenvalue weighted by molar-refractivity contribution is -0.125. The van der Waals surface area contributed by atoms with Gasteiger partial charge in [-0.2, -0.15) is 0 Å². The first-order valence-corrected chi connectivity index (χ1v) is 9.01. The van der Waals surface area contributed by atoms with Gasteiger partial charge in [0.2, 0.25) is 5.91 Å². The predicted molar refractivity (Wildman–Crippen MR) is 101 cm³/mol. The Bertz CT molecular complexity index is 707. The lowest BCUT2D eigenvalue weighted by Gasteiger charge is -2.22. The Kier molecular flexibility index (Phi) is 6.08. The van der Waals surface area contributed by atoms with Crippen molar-refractivity contribution >= 4 is 17.5 Å². The fraction of sp³-hybridized carbons (Fsp3) is 0.350. The molecule has 2 aromatic carbocycles. The third kappa shape index (κ3) is 4.60. The average Bonchev–Trinajstić information content (AvgIpc) is 3.04. The van der Waals surface area contributed by atoms with Crippen LogP contribution in [0.4, 0.5) is 0 Å². The van der Waals surface area contributed by atoms with E-state index in [0.29, 0.717) is 6.54 Å². The van der Waals surface area contributed by atoms with Crippen molar-refractivity contribution < 1.29 is 4.79 Å². The highest BCUT2D eigenvalue weighted by molar-refractivity contribution is 6.31. The quantitative estimate of drug-likeness (QED) is 0.835. The van der Waals surface area contributed by atoms with Crippen LogP contribution in [0.2, 0.25) is 5.02 Å². The number of hydrogen-bond donors (Lipinski definition) is 2. The summed E-state index contributed by atoms with van der Waals surface area (Å²) in [6, 6.07) is 18.3. The van der Waals surface area contributed by atoms with Gasteiger partial charge in [0.1, 0.15) is 0 Å². The summed E-state index contributed by atoms with van der Waals surface area (Å²) in [5.74, 6) is 0.0815. The fourth-order valence-electron chi connectivity index (χ4n) is 3.38. The van der Waals surface area contributed by atoms with Crippen molar-refractivity contribution in [3.8, 4) is 0 Å². The van der Waals surface area contributed by atoms with Crippen molar-refractivity contribution in [3.05, 3.63) is 70.7 Å². The van der Waals surface area contributed by atoms with Crippen LogP contribution in [0.15, 0.2) is 54.6 Å². The molecule has 2 aromatic rings. The van der Waals surface area contributed by atoms with E-state index in [2.05, 4.69) is 27.7 Å². The molecule has 3 rings (SSSR count). The first kappa shape index (κ1) is 17.9. The number of likely N-dealkylation sites (tertiary alicyclic amines) is 1. The molecule has 0 saturated carbocycles. The van der Waals surface area contributed by atoms with E-state index in [1.165, 1.54) is 5.56 Å². The molecule has 1 heterocycles. The smallest absolute Gasteiger partial charge is 0.237 e. The molecule has 1 saturated heterocycles. The van der Waals surface area contributed by atoms with Crippen molar-refractivity contribution in [2.45, 2.75) is 31.6 Å². The molecule has 2 N–H and O–H groups in total. The fourth-order valence-corrected chi connectivity index (χ4v) is 3.58. The van der Waals surface area contributed by atoms with Crippen molar-refractivity contribution in [2.75, 3.05) is 13.6 Å². The number of rotatable bonds is 6. The second-order valence-electron chi connectivity index (χ2n) is 6.45. The number of carbonyl (C=O) groups excluding carboxylic acids is 1. The van der Waals surface area contributed by atoms with Crippen LogP contribution in [0.3, 0.4) is 0 Å². The zero-order valence-electron chi connectivity index (χ0n) is 14.4. The number of hydrogen-bond acceptors (Lipinski definition) is 3. The summed E-state index contributed by atoms with van der Waals surface area (Å²) in [6.45, 7) is 2.34. The van der Waals surface area contributed by atoms with E-state index in [4.69, 9.17) is 11.6 Å². The van der Waals surface area contributed by atoms with Crippen LogP contribution >= 0.6 is 11.6 Å². The highest BCUT2D eigenvalue weighted by Crippen LogP contribution is 2.22. The van der Waals surface area contributed by atoms with Gasteiger partial charge in [0.25, 0.3) is 0 Å². The van der Waals surface area contributed by atoms with Crippen LogP contribution in [-0.4, -0.2) is 36.5 Å². The van der Waals surface area contributed by atoms with Gasteiger partial charge in [-0.25, -0.2) is 0 Å². The van der Waals surface area contributed by atoms with Crippen LogP contribution < -0.4 is 10.6 Å². The molecule has 0 radical (unpaired) electrons. The van der Waals surface area contributed by atoms with Gasteiger partial charge < -0.3 is 10.6 Å². The molecular weight excluding hydrogens is 334 g/mol. The highest BCUT2D eigenvalue weighted by Gasteiger charge is 2.35. The summed E-state index contributed by atoms with van der Waals surface area (Å²) in [6.07, 6.45) is 0.803. The first-order chi connectivity index (χ1) is 12.2. The monoisotopic (exact) mass is 357 g/mol. The van der Waals surface area contributed by atoms with Crippen molar-refractivity contribution in [1.29, 1.82) is 0 Å². The molecule has 5 heteroatoms. The molecule has 2 atom stereocenters. The SMILES string of the molecule is CNC(=O)[C@@H]1C[C@H](NCc2ccccc2Cl)CN1Cc1ccccc1. The molecule has 25 heavy (non-hydrogen) atoms. The number of nitrogens with zero attached hydrogens (tertiary/aromatic N) is 1. The second-order valence-corrected chi connectivity index (χ2v) is 6.86. The van der Waals surface area contributed by atoms with Gasteiger partial charge in [0.15, 0.2) is 0 Å². The maximum atomic E-state index is 12.3. The zero-order chi connectivity index (χ0) is 17.6. The molecule has 1 fully saturated rings. The molecule has 4 nitrogen and oxygen atoms in total. The maximum absolute atomic E-state index is 12.3. The van der Waals surface area contributed by atoms with Crippen molar-refractivity contribution in [2.24, 2.45) is 0 Å². The van der Waals surface area contributed by atoms with Crippen molar-refractivity contribution in [1.82, 2.24) is 15.5 Å². The summed E-state index contributed by atoms with van der Waals surface area (Å²) >= 11 is 6.23. The standard InChI is InChI=1S/C20H24ClN3O/c1-22-20(25)19-11-17(23-12-16-9-5-6-10-18(16)21)14-24(19)13-15-7-3-2-4-8-15/h2-10,17,19,23H,11-14H2,1H3,(H,22,25)/t17-,19-/m0/s1. The molecule has 0 aliphatic carbocycles. The molecule has 132 valence electrons. The normalized spacial score (nSPS) is 20.6. The number of amides is 1. The minimum absolute atomic E-state index is 0.0815. The van der Waals surface area contributed by atoms with Crippen LogP contribution in [0.5, 0.6) is 0 Å². The number of benzene rings is 2. The second kappa shape index (κ2) is 8.48. The number of nitrogens with one attached hydrogen (secondary N) is 2. The summed E-state index contributed by atoms with van der Waals surface area (Å²) < 4.78 is 0. The van der Waals surface area contributed by atoms with E-state index in [9.17, 15) is 4.79 Å². The van der Waals surface area contributed by atoms with Crippen molar-refractivity contribution in [3.63, 3.8) is 0 Å². The molecule has 1 amide bonds. The lowest BCUT2D eigenvalue weighted by Crippen LogP contribution is -2.41. The van der Waals surface area contributed by atoms with Gasteiger partial charge in [-0.15, -0.1) is 0 Å².